The van der Waals surface area contributed by atoms with Crippen LogP contribution in [0.15, 0.2) is 30.3 Å². The molecule has 10 heteroatoms. The number of fused-ring (bicyclic) bond motifs is 3. The molecule has 1 unspecified atom stereocenters. The maximum Gasteiger partial charge on any atom is 0.434 e. The normalized spacial score (nSPS) is 20.0. The van der Waals surface area contributed by atoms with Crippen molar-refractivity contribution in [1.29, 1.82) is 0 Å². The Morgan fingerprint density at radius 2 is 1.97 bits per heavy atom. The van der Waals surface area contributed by atoms with Gasteiger partial charge in [-0.25, -0.2) is 4.98 Å². The minimum Gasteiger partial charge on any atom is -0.357 e. The number of alkyl halides is 3. The van der Waals surface area contributed by atoms with Crippen molar-refractivity contribution in [2.45, 2.75) is 25.2 Å². The van der Waals surface area contributed by atoms with Crippen LogP contribution in [0.3, 0.4) is 0 Å². The molecule has 32 heavy (non-hydrogen) atoms. The van der Waals surface area contributed by atoms with Crippen LogP contribution in [-0.2, 0) is 19.1 Å². The third kappa shape index (κ3) is 4.17. The lowest BCUT2D eigenvalue weighted by Crippen LogP contribution is -2.56. The molecular formula is C22H22Cl2F3N5. The molecule has 0 spiro atoms. The SMILES string of the molecule is FC(F)(F)c1nc(N2CCNCC2CN2CCc3c([nH]c4ccc(Cl)cc34)C2)ccc1Cl. The highest BCUT2D eigenvalue weighted by Crippen LogP contribution is 2.35. The summed E-state index contributed by atoms with van der Waals surface area (Å²) in [4.78, 5) is 11.7. The summed E-state index contributed by atoms with van der Waals surface area (Å²) in [5.74, 6) is 0.311. The van der Waals surface area contributed by atoms with Gasteiger partial charge in [0.2, 0.25) is 0 Å². The molecule has 1 fully saturated rings. The van der Waals surface area contributed by atoms with Crippen LogP contribution >= 0.6 is 23.2 Å². The molecular weight excluding hydrogens is 462 g/mol. The van der Waals surface area contributed by atoms with Crippen LogP contribution < -0.4 is 10.2 Å². The maximum atomic E-state index is 13.3. The highest BCUT2D eigenvalue weighted by Gasteiger charge is 2.37. The van der Waals surface area contributed by atoms with Gasteiger partial charge < -0.3 is 15.2 Å². The van der Waals surface area contributed by atoms with Crippen molar-refractivity contribution in [3.8, 4) is 0 Å². The second-order valence-corrected chi connectivity index (χ2v) is 9.15. The van der Waals surface area contributed by atoms with Crippen LogP contribution in [0.2, 0.25) is 10.0 Å². The zero-order chi connectivity index (χ0) is 22.5. The first-order valence-corrected chi connectivity index (χ1v) is 11.3. The van der Waals surface area contributed by atoms with E-state index in [1.54, 1.807) is 6.07 Å². The maximum absolute atomic E-state index is 13.3. The Kier molecular flexibility index (Phi) is 5.73. The van der Waals surface area contributed by atoms with E-state index in [4.69, 9.17) is 23.2 Å². The summed E-state index contributed by atoms with van der Waals surface area (Å²) in [5, 5.41) is 4.87. The zero-order valence-electron chi connectivity index (χ0n) is 17.1. The molecule has 0 bridgehead atoms. The number of anilines is 1. The molecule has 170 valence electrons. The summed E-state index contributed by atoms with van der Waals surface area (Å²) >= 11 is 11.9. The molecule has 2 aromatic heterocycles. The van der Waals surface area contributed by atoms with Crippen molar-refractivity contribution in [1.82, 2.24) is 20.2 Å². The predicted molar refractivity (Wildman–Crippen MR) is 121 cm³/mol. The molecule has 0 aliphatic carbocycles. The van der Waals surface area contributed by atoms with Gasteiger partial charge in [0.1, 0.15) is 5.82 Å². The molecule has 2 aliphatic heterocycles. The Bertz CT molecular complexity index is 1150. The number of hydrogen-bond donors (Lipinski definition) is 2. The number of H-pyrrole nitrogens is 1. The lowest BCUT2D eigenvalue weighted by Gasteiger charge is -2.40. The van der Waals surface area contributed by atoms with Crippen molar-refractivity contribution in [2.24, 2.45) is 0 Å². The van der Waals surface area contributed by atoms with E-state index >= 15 is 0 Å². The third-order valence-corrected chi connectivity index (χ3v) is 6.77. The van der Waals surface area contributed by atoms with Crippen LogP contribution in [0.25, 0.3) is 10.9 Å². The minimum absolute atomic E-state index is 0.00104. The molecule has 3 aromatic rings. The van der Waals surface area contributed by atoms with Crippen molar-refractivity contribution in [3.63, 3.8) is 0 Å². The van der Waals surface area contributed by atoms with Gasteiger partial charge in [0.15, 0.2) is 5.69 Å². The van der Waals surface area contributed by atoms with E-state index in [0.717, 1.165) is 35.4 Å². The van der Waals surface area contributed by atoms with E-state index in [1.165, 1.54) is 17.3 Å². The Balaban J connectivity index is 1.36. The second-order valence-electron chi connectivity index (χ2n) is 8.31. The molecule has 4 heterocycles. The van der Waals surface area contributed by atoms with Crippen molar-refractivity contribution in [2.75, 3.05) is 37.6 Å². The molecule has 5 nitrogen and oxygen atoms in total. The number of nitrogens with one attached hydrogen (secondary N) is 2. The molecule has 5 rings (SSSR count). The fourth-order valence-electron chi connectivity index (χ4n) is 4.74. The summed E-state index contributed by atoms with van der Waals surface area (Å²) in [6.07, 6.45) is -3.69. The topological polar surface area (TPSA) is 47.2 Å². The number of piperazine rings is 1. The smallest absolute Gasteiger partial charge is 0.357 e. The van der Waals surface area contributed by atoms with Crippen LogP contribution in [0, 0.1) is 0 Å². The van der Waals surface area contributed by atoms with Crippen molar-refractivity contribution in [3.05, 3.63) is 57.3 Å². The number of pyridine rings is 1. The average Bonchev–Trinajstić information content (AvgIpc) is 3.11. The van der Waals surface area contributed by atoms with E-state index in [-0.39, 0.29) is 11.1 Å². The van der Waals surface area contributed by atoms with Crippen molar-refractivity contribution >= 4 is 39.9 Å². The third-order valence-electron chi connectivity index (χ3n) is 6.23. The number of benzene rings is 1. The van der Waals surface area contributed by atoms with Crippen LogP contribution in [0.1, 0.15) is 17.0 Å². The summed E-state index contributed by atoms with van der Waals surface area (Å²) in [5.41, 5.74) is 2.51. The summed E-state index contributed by atoms with van der Waals surface area (Å²) < 4.78 is 40.0. The summed E-state index contributed by atoms with van der Waals surface area (Å²) in [6, 6.07) is 8.74. The van der Waals surface area contributed by atoms with Gasteiger partial charge in [-0.1, -0.05) is 23.2 Å². The molecule has 0 amide bonds. The minimum atomic E-state index is -4.58. The standard InChI is InChI=1S/C22H22Cl2F3N5/c23-13-1-3-18-16(9-13)15-5-7-31(12-19(15)29-18)11-14-10-28-6-8-32(14)20-4-2-17(24)21(30-20)22(25,26)27/h1-4,9,14,28-29H,5-8,10-12H2. The number of nitrogens with zero attached hydrogens (tertiary/aromatic N) is 3. The van der Waals surface area contributed by atoms with E-state index in [0.29, 0.717) is 32.0 Å². The van der Waals surface area contributed by atoms with Crippen molar-refractivity contribution < 1.29 is 13.2 Å². The van der Waals surface area contributed by atoms with E-state index in [1.807, 2.05) is 23.1 Å². The summed E-state index contributed by atoms with van der Waals surface area (Å²) in [7, 11) is 0. The number of aromatic nitrogens is 2. The van der Waals surface area contributed by atoms with Gasteiger partial charge in [-0.05, 0) is 42.3 Å². The Labute approximate surface area is 193 Å². The first-order chi connectivity index (χ1) is 15.3. The van der Waals surface area contributed by atoms with E-state index in [9.17, 15) is 13.2 Å². The quantitative estimate of drug-likeness (QED) is 0.565. The van der Waals surface area contributed by atoms with Gasteiger partial charge in [-0.15, -0.1) is 0 Å². The zero-order valence-corrected chi connectivity index (χ0v) is 18.7. The average molecular weight is 484 g/mol. The number of hydrogen-bond acceptors (Lipinski definition) is 4. The summed E-state index contributed by atoms with van der Waals surface area (Å²) in [6.45, 7) is 4.30. The number of halogens is 5. The van der Waals surface area contributed by atoms with Crippen LogP contribution in [-0.4, -0.2) is 53.6 Å². The first kappa shape index (κ1) is 21.8. The second kappa shape index (κ2) is 8.41. The van der Waals surface area contributed by atoms with Gasteiger partial charge in [0.25, 0.3) is 0 Å². The van der Waals surface area contributed by atoms with Crippen LogP contribution in [0.5, 0.6) is 0 Å². The first-order valence-electron chi connectivity index (χ1n) is 10.5. The molecule has 0 saturated carbocycles. The number of rotatable bonds is 3. The lowest BCUT2D eigenvalue weighted by atomic mass is 10.0. The van der Waals surface area contributed by atoms with Gasteiger partial charge >= 0.3 is 6.18 Å². The molecule has 2 aliphatic rings. The van der Waals surface area contributed by atoms with E-state index < -0.39 is 11.9 Å². The fraction of sp³-hybridized carbons (Fsp3) is 0.409. The van der Waals surface area contributed by atoms with Gasteiger partial charge in [0, 0.05) is 60.9 Å². The molecule has 0 radical (unpaired) electrons. The van der Waals surface area contributed by atoms with Gasteiger partial charge in [0.05, 0.1) is 11.1 Å². The van der Waals surface area contributed by atoms with E-state index in [2.05, 4.69) is 20.2 Å². The lowest BCUT2D eigenvalue weighted by molar-refractivity contribution is -0.141. The Hall–Kier alpha value is -2.00. The molecule has 1 atom stereocenters. The predicted octanol–water partition coefficient (Wildman–Crippen LogP) is 4.73. The molecule has 1 saturated heterocycles. The Morgan fingerprint density at radius 3 is 2.78 bits per heavy atom. The molecule has 1 aromatic carbocycles. The highest BCUT2D eigenvalue weighted by atomic mass is 35.5. The largest absolute Gasteiger partial charge is 0.434 e. The van der Waals surface area contributed by atoms with Crippen LogP contribution in [0.4, 0.5) is 19.0 Å². The molecule has 2 N–H and O–H groups in total. The Morgan fingerprint density at radius 1 is 1.12 bits per heavy atom. The monoisotopic (exact) mass is 483 g/mol. The fourth-order valence-corrected chi connectivity index (χ4v) is 5.12. The van der Waals surface area contributed by atoms with Gasteiger partial charge in [-0.3, -0.25) is 4.90 Å². The highest BCUT2D eigenvalue weighted by molar-refractivity contribution is 6.31. The van der Waals surface area contributed by atoms with Gasteiger partial charge in [-0.2, -0.15) is 13.2 Å². The number of aromatic amines is 1.